The van der Waals surface area contributed by atoms with Gasteiger partial charge in [-0.05, 0) is 36.0 Å². The van der Waals surface area contributed by atoms with Crippen molar-refractivity contribution in [3.63, 3.8) is 0 Å². The third-order valence-electron chi connectivity index (χ3n) is 6.76. The Labute approximate surface area is 222 Å². The van der Waals surface area contributed by atoms with Crippen LogP contribution in [-0.2, 0) is 25.6 Å². The Morgan fingerprint density at radius 1 is 0.946 bits per heavy atom. The van der Waals surface area contributed by atoms with E-state index >= 15 is 0 Å². The van der Waals surface area contributed by atoms with Crippen LogP contribution in [0.1, 0.15) is 64.4 Å². The van der Waals surface area contributed by atoms with Gasteiger partial charge in [-0.3, -0.25) is 14.4 Å². The molecular weight excluding hydrogens is 488 g/mol. The maximum absolute atomic E-state index is 13.5. The lowest BCUT2D eigenvalue weighted by atomic mass is 9.80. The number of aliphatic carboxylic acids is 1. The molecule has 0 spiro atoms. The molecule has 1 aliphatic rings. The van der Waals surface area contributed by atoms with E-state index in [1.807, 2.05) is 61.5 Å². The fourth-order valence-corrected chi connectivity index (χ4v) is 5.70. The molecule has 0 heterocycles. The molecule has 0 aliphatic heterocycles. The van der Waals surface area contributed by atoms with E-state index in [-0.39, 0.29) is 17.4 Å². The molecule has 1 aliphatic carbocycles. The molecule has 1 fully saturated rings. The number of carbonyl (C=O) groups excluding carboxylic acids is 3. The second-order valence-electron chi connectivity index (χ2n) is 9.65. The van der Waals surface area contributed by atoms with Crippen molar-refractivity contribution >= 4 is 34.7 Å². The number of thioether (sulfide) groups is 1. The van der Waals surface area contributed by atoms with Gasteiger partial charge >= 0.3 is 5.97 Å². The highest BCUT2D eigenvalue weighted by atomic mass is 32.2. The number of hydrogen-bond acceptors (Lipinski definition) is 5. The Morgan fingerprint density at radius 2 is 1.57 bits per heavy atom. The van der Waals surface area contributed by atoms with Crippen LogP contribution in [0.25, 0.3) is 11.1 Å². The third-order valence-corrected chi connectivity index (χ3v) is 7.83. The average Bonchev–Trinajstić information content (AvgIpc) is 2.89. The van der Waals surface area contributed by atoms with Gasteiger partial charge in [-0.1, -0.05) is 99.0 Å². The van der Waals surface area contributed by atoms with Crippen LogP contribution in [0.4, 0.5) is 0 Å². The number of carboxylic acids is 1. The van der Waals surface area contributed by atoms with E-state index in [0.29, 0.717) is 19.3 Å². The second-order valence-corrected chi connectivity index (χ2v) is 11.0. The highest BCUT2D eigenvalue weighted by Crippen LogP contribution is 2.30. The van der Waals surface area contributed by atoms with Gasteiger partial charge in [-0.15, -0.1) is 0 Å². The fourth-order valence-electron chi connectivity index (χ4n) is 4.78. The van der Waals surface area contributed by atoms with Crippen LogP contribution >= 0.6 is 11.8 Å². The summed E-state index contributed by atoms with van der Waals surface area (Å²) in [7, 11) is 0. The normalized spacial score (nSPS) is 16.3. The van der Waals surface area contributed by atoms with Crippen LogP contribution in [0.15, 0.2) is 54.6 Å². The third kappa shape index (κ3) is 7.92. The van der Waals surface area contributed by atoms with E-state index in [2.05, 4.69) is 10.6 Å². The summed E-state index contributed by atoms with van der Waals surface area (Å²) in [6.07, 6.45) is 4.69. The number of hydrogen-bond donors (Lipinski definition) is 3. The molecule has 1 saturated carbocycles. The standard InChI is InChI=1S/C29H36N2O5S/c1-3-10-25(37-20(2)32)26(33)31-29(17-8-5-9-18-29)28(36)30-24(27(34)35)19-21-13-15-23(16-14-21)22-11-6-4-7-12-22/h4,6-7,11-16,24-25H,3,5,8-10,17-19H2,1-2H3,(H,30,36)(H,31,33)(H,34,35). The molecule has 2 aromatic carbocycles. The van der Waals surface area contributed by atoms with E-state index in [9.17, 15) is 24.3 Å². The Bertz CT molecular complexity index is 1080. The molecular formula is C29H36N2O5S. The second kappa shape index (κ2) is 13.4. The van der Waals surface area contributed by atoms with Crippen molar-refractivity contribution in [2.24, 2.45) is 0 Å². The van der Waals surface area contributed by atoms with E-state index in [1.165, 1.54) is 6.92 Å². The molecule has 8 heteroatoms. The topological polar surface area (TPSA) is 113 Å². The predicted molar refractivity (Wildman–Crippen MR) is 146 cm³/mol. The molecule has 3 rings (SSSR count). The number of benzene rings is 2. The Kier molecular flexibility index (Phi) is 10.3. The molecule has 0 bridgehead atoms. The van der Waals surface area contributed by atoms with Gasteiger partial charge in [0, 0.05) is 13.3 Å². The van der Waals surface area contributed by atoms with Crippen molar-refractivity contribution in [2.45, 2.75) is 82.0 Å². The number of carboxylic acid groups (broad SMARTS) is 1. The Balaban J connectivity index is 1.74. The van der Waals surface area contributed by atoms with Crippen LogP contribution in [0.2, 0.25) is 0 Å². The van der Waals surface area contributed by atoms with Gasteiger partial charge in [0.1, 0.15) is 11.6 Å². The number of rotatable bonds is 11. The first-order valence-electron chi connectivity index (χ1n) is 12.9. The van der Waals surface area contributed by atoms with Gasteiger partial charge in [0.25, 0.3) is 0 Å². The molecule has 3 N–H and O–H groups in total. The lowest BCUT2D eigenvalue weighted by Crippen LogP contribution is -2.63. The smallest absolute Gasteiger partial charge is 0.326 e. The lowest BCUT2D eigenvalue weighted by Gasteiger charge is -2.38. The highest BCUT2D eigenvalue weighted by molar-refractivity contribution is 8.14. The maximum atomic E-state index is 13.5. The first-order chi connectivity index (χ1) is 17.7. The summed E-state index contributed by atoms with van der Waals surface area (Å²) in [6, 6.07) is 16.4. The molecule has 37 heavy (non-hydrogen) atoms. The minimum Gasteiger partial charge on any atom is -0.480 e. The quantitative estimate of drug-likeness (QED) is 0.392. The first kappa shape index (κ1) is 28.4. The maximum Gasteiger partial charge on any atom is 0.326 e. The summed E-state index contributed by atoms with van der Waals surface area (Å²) in [5, 5.41) is 14.8. The zero-order chi connectivity index (χ0) is 26.8. The SMILES string of the molecule is CCCC(SC(C)=O)C(=O)NC1(C(=O)NC(Cc2ccc(-c3ccccc3)cc2)C(=O)O)CCCCC1. The predicted octanol–water partition coefficient (Wildman–Crippen LogP) is 4.73. The minimum absolute atomic E-state index is 0.124. The van der Waals surface area contributed by atoms with Crippen LogP contribution in [0.5, 0.6) is 0 Å². The van der Waals surface area contributed by atoms with Gasteiger partial charge in [-0.2, -0.15) is 0 Å². The van der Waals surface area contributed by atoms with Gasteiger partial charge in [-0.25, -0.2) is 4.79 Å². The molecule has 198 valence electrons. The zero-order valence-electron chi connectivity index (χ0n) is 21.5. The van der Waals surface area contributed by atoms with Crippen molar-refractivity contribution in [2.75, 3.05) is 0 Å². The van der Waals surface area contributed by atoms with Crippen molar-refractivity contribution in [3.8, 4) is 11.1 Å². The molecule has 2 amide bonds. The summed E-state index contributed by atoms with van der Waals surface area (Å²) in [5.74, 6) is -1.95. The van der Waals surface area contributed by atoms with E-state index in [0.717, 1.165) is 54.1 Å². The number of nitrogens with one attached hydrogen (secondary N) is 2. The molecule has 2 unspecified atom stereocenters. The summed E-state index contributed by atoms with van der Waals surface area (Å²) >= 11 is 0.975. The molecule has 7 nitrogen and oxygen atoms in total. The minimum atomic E-state index is -1.18. The van der Waals surface area contributed by atoms with Crippen molar-refractivity contribution in [3.05, 3.63) is 60.2 Å². The van der Waals surface area contributed by atoms with Crippen molar-refractivity contribution in [1.82, 2.24) is 10.6 Å². The van der Waals surface area contributed by atoms with Gasteiger partial charge in [0.05, 0.1) is 5.25 Å². The van der Waals surface area contributed by atoms with E-state index < -0.39 is 28.7 Å². The summed E-state index contributed by atoms with van der Waals surface area (Å²) in [5.41, 5.74) is 1.70. The molecule has 0 saturated heterocycles. The van der Waals surface area contributed by atoms with Crippen LogP contribution < -0.4 is 10.6 Å². The number of carbonyl (C=O) groups is 4. The van der Waals surface area contributed by atoms with Gasteiger partial charge in [0.15, 0.2) is 5.12 Å². The van der Waals surface area contributed by atoms with Gasteiger partial charge < -0.3 is 15.7 Å². The average molecular weight is 525 g/mol. The molecule has 2 atom stereocenters. The summed E-state index contributed by atoms with van der Waals surface area (Å²) in [6.45, 7) is 3.36. The van der Waals surface area contributed by atoms with Crippen LogP contribution in [-0.4, -0.2) is 44.8 Å². The van der Waals surface area contributed by atoms with Crippen molar-refractivity contribution < 1.29 is 24.3 Å². The highest BCUT2D eigenvalue weighted by Gasteiger charge is 2.43. The summed E-state index contributed by atoms with van der Waals surface area (Å²) in [4.78, 5) is 50.4. The lowest BCUT2D eigenvalue weighted by molar-refractivity contribution is -0.144. The summed E-state index contributed by atoms with van der Waals surface area (Å²) < 4.78 is 0. The zero-order valence-corrected chi connectivity index (χ0v) is 22.3. The van der Waals surface area contributed by atoms with Crippen LogP contribution in [0, 0.1) is 0 Å². The van der Waals surface area contributed by atoms with E-state index in [1.54, 1.807) is 0 Å². The number of amides is 2. The first-order valence-corrected chi connectivity index (χ1v) is 13.8. The van der Waals surface area contributed by atoms with Gasteiger partial charge in [0.2, 0.25) is 11.8 Å². The largest absolute Gasteiger partial charge is 0.480 e. The van der Waals surface area contributed by atoms with Crippen molar-refractivity contribution in [1.29, 1.82) is 0 Å². The monoisotopic (exact) mass is 524 g/mol. The molecule has 0 radical (unpaired) electrons. The Morgan fingerprint density at radius 3 is 2.14 bits per heavy atom. The molecule has 2 aromatic rings. The van der Waals surface area contributed by atoms with E-state index in [4.69, 9.17) is 0 Å². The molecule has 0 aromatic heterocycles. The fraction of sp³-hybridized carbons (Fsp3) is 0.448. The van der Waals surface area contributed by atoms with Crippen LogP contribution in [0.3, 0.4) is 0 Å². The Hall–Kier alpha value is -3.13.